The van der Waals surface area contributed by atoms with Crippen LogP contribution >= 0.6 is 0 Å². The molecule has 0 aromatic heterocycles. The predicted molar refractivity (Wildman–Crippen MR) is 47.5 cm³/mol. The Bertz CT molecular complexity index is 132. The van der Waals surface area contributed by atoms with Crippen LogP contribution in [0.5, 0.6) is 0 Å². The lowest BCUT2D eigenvalue weighted by molar-refractivity contribution is 0.667. The second kappa shape index (κ2) is 6.27. The number of nitrogens with zero attached hydrogens (tertiary/aromatic N) is 1. The van der Waals surface area contributed by atoms with Gasteiger partial charge in [-0.1, -0.05) is 32.6 Å². The highest BCUT2D eigenvalue weighted by Gasteiger charge is 1.85. The van der Waals surface area contributed by atoms with Crippen molar-refractivity contribution in [2.24, 2.45) is 10.9 Å². The molecule has 0 bridgehead atoms. The molecule has 0 radical (unpaired) electrons. The molecule has 0 aliphatic rings. The number of hydrogen-bond acceptors (Lipinski definition) is 1. The Morgan fingerprint density at radius 1 is 1.40 bits per heavy atom. The standard InChI is InChI=1S/C9H15N/c1-4-5-6-7-10-8-9(2)3/h4-7,9H,1,8H2,2-3H3/b6-5-,10-7-. The lowest BCUT2D eigenvalue weighted by atomic mass is 10.2. The average molecular weight is 137 g/mol. The maximum absolute atomic E-state index is 4.15. The highest BCUT2D eigenvalue weighted by Crippen LogP contribution is 1.89. The van der Waals surface area contributed by atoms with Crippen molar-refractivity contribution in [3.8, 4) is 0 Å². The SMILES string of the molecule is C=C/C=C\C=N/CC(C)C. The van der Waals surface area contributed by atoms with E-state index in [9.17, 15) is 0 Å². The summed E-state index contributed by atoms with van der Waals surface area (Å²) in [5, 5.41) is 0. The van der Waals surface area contributed by atoms with E-state index < -0.39 is 0 Å². The van der Waals surface area contributed by atoms with Crippen LogP contribution in [-0.2, 0) is 0 Å². The van der Waals surface area contributed by atoms with Gasteiger partial charge in [-0.05, 0) is 12.0 Å². The summed E-state index contributed by atoms with van der Waals surface area (Å²) in [5.74, 6) is 0.647. The third kappa shape index (κ3) is 7.15. The normalized spacial score (nSPS) is 11.9. The van der Waals surface area contributed by atoms with Crippen LogP contribution in [0.3, 0.4) is 0 Å². The fourth-order valence-electron chi connectivity index (χ4n) is 0.461. The van der Waals surface area contributed by atoms with E-state index >= 15 is 0 Å². The first-order valence-electron chi connectivity index (χ1n) is 3.55. The molecule has 0 aromatic rings. The largest absolute Gasteiger partial charge is 0.293 e. The molecule has 10 heavy (non-hydrogen) atoms. The second-order valence-electron chi connectivity index (χ2n) is 2.53. The first kappa shape index (κ1) is 9.15. The van der Waals surface area contributed by atoms with Gasteiger partial charge in [0.25, 0.3) is 0 Å². The minimum Gasteiger partial charge on any atom is -0.293 e. The summed E-state index contributed by atoms with van der Waals surface area (Å²) in [5.41, 5.74) is 0. The van der Waals surface area contributed by atoms with E-state index in [1.54, 1.807) is 6.08 Å². The third-order valence-electron chi connectivity index (χ3n) is 0.909. The van der Waals surface area contributed by atoms with Gasteiger partial charge >= 0.3 is 0 Å². The van der Waals surface area contributed by atoms with Crippen LogP contribution in [0.2, 0.25) is 0 Å². The predicted octanol–water partition coefficient (Wildman–Crippen LogP) is 2.46. The highest BCUT2D eigenvalue weighted by atomic mass is 14.7. The van der Waals surface area contributed by atoms with Crippen molar-refractivity contribution in [1.29, 1.82) is 0 Å². The van der Waals surface area contributed by atoms with E-state index in [0.717, 1.165) is 6.54 Å². The molecule has 0 aliphatic heterocycles. The maximum atomic E-state index is 4.15. The van der Waals surface area contributed by atoms with Gasteiger partial charge in [0.05, 0.1) is 0 Å². The monoisotopic (exact) mass is 137 g/mol. The summed E-state index contributed by atoms with van der Waals surface area (Å²) < 4.78 is 0. The van der Waals surface area contributed by atoms with Crippen LogP contribution in [0.4, 0.5) is 0 Å². The first-order chi connectivity index (χ1) is 4.77. The van der Waals surface area contributed by atoms with E-state index in [1.165, 1.54) is 0 Å². The van der Waals surface area contributed by atoms with E-state index in [2.05, 4.69) is 25.4 Å². The molecule has 0 aromatic carbocycles. The van der Waals surface area contributed by atoms with Crippen molar-refractivity contribution in [3.05, 3.63) is 24.8 Å². The lowest BCUT2D eigenvalue weighted by Gasteiger charge is -1.94. The van der Waals surface area contributed by atoms with E-state index in [-0.39, 0.29) is 0 Å². The summed E-state index contributed by atoms with van der Waals surface area (Å²) in [6.45, 7) is 8.74. The minimum absolute atomic E-state index is 0.647. The van der Waals surface area contributed by atoms with Crippen molar-refractivity contribution in [2.45, 2.75) is 13.8 Å². The molecule has 56 valence electrons. The number of aliphatic imine (C=N–C) groups is 1. The quantitative estimate of drug-likeness (QED) is 0.417. The van der Waals surface area contributed by atoms with Gasteiger partial charge in [-0.25, -0.2) is 0 Å². The summed E-state index contributed by atoms with van der Waals surface area (Å²) in [6.07, 6.45) is 7.29. The van der Waals surface area contributed by atoms with Crippen molar-refractivity contribution < 1.29 is 0 Å². The van der Waals surface area contributed by atoms with Gasteiger partial charge in [-0.2, -0.15) is 0 Å². The molecule has 0 spiro atoms. The Morgan fingerprint density at radius 3 is 2.60 bits per heavy atom. The molecule has 0 amide bonds. The van der Waals surface area contributed by atoms with Crippen LogP contribution < -0.4 is 0 Å². The molecule has 0 rings (SSSR count). The zero-order chi connectivity index (χ0) is 7.82. The molecule has 0 N–H and O–H groups in total. The van der Waals surface area contributed by atoms with Gasteiger partial charge in [0.1, 0.15) is 0 Å². The van der Waals surface area contributed by atoms with Gasteiger partial charge in [-0.3, -0.25) is 4.99 Å². The fraction of sp³-hybridized carbons (Fsp3) is 0.444. The highest BCUT2D eigenvalue weighted by molar-refractivity contribution is 5.71. The van der Waals surface area contributed by atoms with Gasteiger partial charge in [-0.15, -0.1) is 0 Å². The maximum Gasteiger partial charge on any atom is 0.0412 e. The summed E-state index contributed by atoms with van der Waals surface area (Å²) in [6, 6.07) is 0. The molecular formula is C9H15N. The number of rotatable bonds is 4. The van der Waals surface area contributed by atoms with Crippen molar-refractivity contribution in [1.82, 2.24) is 0 Å². The molecule has 1 heteroatoms. The van der Waals surface area contributed by atoms with Crippen LogP contribution in [0.1, 0.15) is 13.8 Å². The van der Waals surface area contributed by atoms with Gasteiger partial charge < -0.3 is 0 Å². The lowest BCUT2D eigenvalue weighted by Crippen LogP contribution is -1.90. The molecule has 0 saturated heterocycles. The summed E-state index contributed by atoms with van der Waals surface area (Å²) >= 11 is 0. The Kier molecular flexibility index (Phi) is 5.74. The summed E-state index contributed by atoms with van der Waals surface area (Å²) in [4.78, 5) is 4.15. The zero-order valence-corrected chi connectivity index (χ0v) is 6.75. The molecule has 0 heterocycles. The number of hydrogen-bond donors (Lipinski definition) is 0. The van der Waals surface area contributed by atoms with E-state index in [0.29, 0.717) is 5.92 Å². The fourth-order valence-corrected chi connectivity index (χ4v) is 0.461. The second-order valence-corrected chi connectivity index (χ2v) is 2.53. The van der Waals surface area contributed by atoms with E-state index in [1.807, 2.05) is 18.4 Å². The topological polar surface area (TPSA) is 12.4 Å². The smallest absolute Gasteiger partial charge is 0.0412 e. The van der Waals surface area contributed by atoms with Crippen molar-refractivity contribution in [2.75, 3.05) is 6.54 Å². The molecule has 1 nitrogen and oxygen atoms in total. The molecule has 0 atom stereocenters. The van der Waals surface area contributed by atoms with Crippen LogP contribution in [-0.4, -0.2) is 12.8 Å². The zero-order valence-electron chi connectivity index (χ0n) is 6.75. The average Bonchev–Trinajstić information content (AvgIpc) is 1.87. The molecule has 0 unspecified atom stereocenters. The van der Waals surface area contributed by atoms with Crippen molar-refractivity contribution >= 4 is 6.21 Å². The van der Waals surface area contributed by atoms with E-state index in [4.69, 9.17) is 0 Å². The Labute approximate surface area is 63.2 Å². The molecule has 0 saturated carbocycles. The van der Waals surface area contributed by atoms with Crippen molar-refractivity contribution in [3.63, 3.8) is 0 Å². The molecule has 0 aliphatic carbocycles. The minimum atomic E-state index is 0.647. The third-order valence-corrected chi connectivity index (χ3v) is 0.909. The first-order valence-corrected chi connectivity index (χ1v) is 3.55. The Hall–Kier alpha value is -0.850. The van der Waals surface area contributed by atoms with Gasteiger partial charge in [0.2, 0.25) is 0 Å². The van der Waals surface area contributed by atoms with Gasteiger partial charge in [0.15, 0.2) is 0 Å². The Balaban J connectivity index is 3.37. The Morgan fingerprint density at radius 2 is 2.10 bits per heavy atom. The molecular weight excluding hydrogens is 122 g/mol. The van der Waals surface area contributed by atoms with Crippen LogP contribution in [0, 0.1) is 5.92 Å². The van der Waals surface area contributed by atoms with Gasteiger partial charge in [0, 0.05) is 12.8 Å². The number of allylic oxidation sites excluding steroid dienone is 3. The van der Waals surface area contributed by atoms with Crippen LogP contribution in [0.25, 0.3) is 0 Å². The summed E-state index contributed by atoms with van der Waals surface area (Å²) in [7, 11) is 0. The molecule has 0 fully saturated rings. The van der Waals surface area contributed by atoms with Crippen LogP contribution in [0.15, 0.2) is 29.8 Å².